The van der Waals surface area contributed by atoms with Crippen LogP contribution in [0, 0.1) is 5.21 Å². The summed E-state index contributed by atoms with van der Waals surface area (Å²) in [5.41, 5.74) is 0.995. The number of benzene rings is 1. The molecule has 0 spiro atoms. The lowest BCUT2D eigenvalue weighted by Gasteiger charge is -2.01. The molecule has 20 heavy (non-hydrogen) atoms. The molecule has 0 unspecified atom stereocenters. The fourth-order valence-corrected chi connectivity index (χ4v) is 2.54. The zero-order valence-corrected chi connectivity index (χ0v) is 11.4. The second kappa shape index (κ2) is 5.79. The van der Waals surface area contributed by atoms with Crippen LogP contribution in [0.1, 0.15) is 5.89 Å². The monoisotopic (exact) mass is 284 g/mol. The van der Waals surface area contributed by atoms with Gasteiger partial charge in [0.2, 0.25) is 5.89 Å². The molecule has 0 atom stereocenters. The summed E-state index contributed by atoms with van der Waals surface area (Å²) in [6.45, 7) is 0. The Labute approximate surface area is 120 Å². The molecule has 3 aromatic rings. The third-order valence-electron chi connectivity index (χ3n) is 2.74. The topological polar surface area (TPSA) is 53.0 Å². The maximum Gasteiger partial charge on any atom is 0.251 e. The summed E-state index contributed by atoms with van der Waals surface area (Å²) in [5, 5.41) is 12.1. The average molecular weight is 284 g/mol. The Bertz CT molecular complexity index is 698. The van der Waals surface area contributed by atoms with Gasteiger partial charge in [-0.05, 0) is 17.8 Å². The van der Waals surface area contributed by atoms with Crippen molar-refractivity contribution in [3.05, 3.63) is 72.0 Å². The highest BCUT2D eigenvalue weighted by molar-refractivity contribution is 7.98. The number of pyridine rings is 1. The Morgan fingerprint density at radius 2 is 1.90 bits per heavy atom. The van der Waals surface area contributed by atoms with E-state index in [0.29, 0.717) is 16.7 Å². The number of hydrogen-bond donors (Lipinski definition) is 0. The Kier molecular flexibility index (Phi) is 3.69. The van der Waals surface area contributed by atoms with Crippen molar-refractivity contribution in [1.82, 2.24) is 4.98 Å². The summed E-state index contributed by atoms with van der Waals surface area (Å²) < 4.78 is 6.53. The molecule has 100 valence electrons. The van der Waals surface area contributed by atoms with Crippen LogP contribution in [0.25, 0.3) is 11.3 Å². The van der Waals surface area contributed by atoms with Crippen molar-refractivity contribution >= 4 is 11.8 Å². The summed E-state index contributed by atoms with van der Waals surface area (Å²) in [7, 11) is 0. The first-order valence-corrected chi connectivity index (χ1v) is 7.12. The Morgan fingerprint density at radius 1 is 1.10 bits per heavy atom. The van der Waals surface area contributed by atoms with E-state index in [2.05, 4.69) is 4.98 Å². The molecule has 0 amide bonds. The van der Waals surface area contributed by atoms with Crippen LogP contribution in [0.5, 0.6) is 0 Å². The van der Waals surface area contributed by atoms with Crippen LogP contribution in [-0.2, 0) is 5.75 Å². The molecular formula is C15H12N2O2S. The highest BCUT2D eigenvalue weighted by atomic mass is 32.2. The lowest BCUT2D eigenvalue weighted by molar-refractivity contribution is -0.645. The Morgan fingerprint density at radius 3 is 2.70 bits per heavy atom. The standard InChI is InChI=1S/C15H12N2O2S/c18-17-9-5-4-8-15(17)20-11-14-16-10-13(19-14)12-6-2-1-3-7-12/h1-10H,11H2. The molecular weight excluding hydrogens is 272 g/mol. The summed E-state index contributed by atoms with van der Waals surface area (Å²) in [4.78, 5) is 4.24. The molecule has 0 aliphatic rings. The molecule has 2 aromatic heterocycles. The summed E-state index contributed by atoms with van der Waals surface area (Å²) in [5.74, 6) is 1.88. The number of thioether (sulfide) groups is 1. The SMILES string of the molecule is [O-][n+]1ccccc1SCc1ncc(-c2ccccc2)o1. The zero-order chi connectivity index (χ0) is 13.8. The summed E-state index contributed by atoms with van der Waals surface area (Å²) in [6.07, 6.45) is 3.19. The lowest BCUT2D eigenvalue weighted by Crippen LogP contribution is -2.27. The third-order valence-corrected chi connectivity index (χ3v) is 3.75. The van der Waals surface area contributed by atoms with Crippen molar-refractivity contribution in [3.63, 3.8) is 0 Å². The lowest BCUT2D eigenvalue weighted by atomic mass is 10.2. The van der Waals surface area contributed by atoms with Gasteiger partial charge in [-0.25, -0.2) is 4.98 Å². The third kappa shape index (κ3) is 2.83. The van der Waals surface area contributed by atoms with Gasteiger partial charge >= 0.3 is 0 Å². The van der Waals surface area contributed by atoms with Crippen LogP contribution in [0.4, 0.5) is 0 Å². The summed E-state index contributed by atoms with van der Waals surface area (Å²) in [6, 6.07) is 15.1. The van der Waals surface area contributed by atoms with Crippen LogP contribution >= 0.6 is 11.8 Å². The first-order valence-electron chi connectivity index (χ1n) is 6.14. The van der Waals surface area contributed by atoms with Crippen molar-refractivity contribution in [2.45, 2.75) is 10.8 Å². The molecule has 0 saturated heterocycles. The molecule has 2 heterocycles. The predicted octanol–water partition coefficient (Wildman–Crippen LogP) is 3.27. The van der Waals surface area contributed by atoms with E-state index in [0.717, 1.165) is 16.1 Å². The van der Waals surface area contributed by atoms with Crippen molar-refractivity contribution < 1.29 is 9.15 Å². The highest BCUT2D eigenvalue weighted by Gasteiger charge is 2.10. The predicted molar refractivity (Wildman–Crippen MR) is 76.9 cm³/mol. The number of rotatable bonds is 4. The number of oxazole rings is 1. The van der Waals surface area contributed by atoms with E-state index in [1.807, 2.05) is 36.4 Å². The maximum atomic E-state index is 11.5. The van der Waals surface area contributed by atoms with Crippen LogP contribution in [0.15, 0.2) is 70.4 Å². The molecule has 0 bridgehead atoms. The molecule has 0 saturated carbocycles. The van der Waals surface area contributed by atoms with Crippen molar-refractivity contribution in [2.75, 3.05) is 0 Å². The fourth-order valence-electron chi connectivity index (χ4n) is 1.77. The van der Waals surface area contributed by atoms with E-state index < -0.39 is 0 Å². The van der Waals surface area contributed by atoms with Gasteiger partial charge in [0.1, 0.15) is 0 Å². The fraction of sp³-hybridized carbons (Fsp3) is 0.0667. The normalized spacial score (nSPS) is 10.6. The highest BCUT2D eigenvalue weighted by Crippen LogP contribution is 2.24. The van der Waals surface area contributed by atoms with Gasteiger partial charge in [-0.15, -0.1) is 0 Å². The van der Waals surface area contributed by atoms with Gasteiger partial charge in [-0.1, -0.05) is 30.3 Å². The molecule has 0 N–H and O–H groups in total. The maximum absolute atomic E-state index is 11.5. The Balaban J connectivity index is 1.71. The smallest absolute Gasteiger partial charge is 0.251 e. The molecule has 3 rings (SSSR count). The van der Waals surface area contributed by atoms with Gasteiger partial charge in [0, 0.05) is 17.7 Å². The van der Waals surface area contributed by atoms with Gasteiger partial charge in [-0.3, -0.25) is 0 Å². The number of hydrogen-bond acceptors (Lipinski definition) is 4. The van der Waals surface area contributed by atoms with Crippen molar-refractivity contribution in [2.24, 2.45) is 0 Å². The minimum Gasteiger partial charge on any atom is -0.618 e. The zero-order valence-electron chi connectivity index (χ0n) is 10.6. The molecule has 0 fully saturated rings. The molecule has 5 heteroatoms. The van der Waals surface area contributed by atoms with Crippen molar-refractivity contribution in [1.29, 1.82) is 0 Å². The Hall–Kier alpha value is -2.27. The molecule has 4 nitrogen and oxygen atoms in total. The first-order chi connectivity index (χ1) is 9.83. The van der Waals surface area contributed by atoms with Crippen LogP contribution in [0.2, 0.25) is 0 Å². The minimum atomic E-state index is 0.527. The van der Waals surface area contributed by atoms with Crippen molar-refractivity contribution in [3.8, 4) is 11.3 Å². The van der Waals surface area contributed by atoms with E-state index in [4.69, 9.17) is 4.42 Å². The van der Waals surface area contributed by atoms with Crippen LogP contribution in [-0.4, -0.2) is 4.98 Å². The first kappa shape index (κ1) is 12.7. The van der Waals surface area contributed by atoms with Gasteiger partial charge in [0.15, 0.2) is 12.0 Å². The average Bonchev–Trinajstić information content (AvgIpc) is 2.96. The quantitative estimate of drug-likeness (QED) is 0.419. The number of nitrogens with zero attached hydrogens (tertiary/aromatic N) is 2. The molecule has 0 aliphatic carbocycles. The largest absolute Gasteiger partial charge is 0.618 e. The van der Waals surface area contributed by atoms with Gasteiger partial charge in [0.05, 0.1) is 11.9 Å². The minimum absolute atomic E-state index is 0.527. The van der Waals surface area contributed by atoms with Gasteiger partial charge < -0.3 is 9.62 Å². The van der Waals surface area contributed by atoms with E-state index in [1.165, 1.54) is 18.0 Å². The second-order valence-corrected chi connectivity index (χ2v) is 5.13. The number of aromatic nitrogens is 2. The van der Waals surface area contributed by atoms with E-state index >= 15 is 0 Å². The van der Waals surface area contributed by atoms with Crippen LogP contribution in [0.3, 0.4) is 0 Å². The molecule has 0 radical (unpaired) electrons. The van der Waals surface area contributed by atoms with Gasteiger partial charge in [-0.2, -0.15) is 4.73 Å². The van der Waals surface area contributed by atoms with E-state index in [9.17, 15) is 5.21 Å². The van der Waals surface area contributed by atoms with Gasteiger partial charge in [0.25, 0.3) is 5.03 Å². The second-order valence-electron chi connectivity index (χ2n) is 4.14. The molecule has 0 aliphatic heterocycles. The van der Waals surface area contributed by atoms with Crippen LogP contribution < -0.4 is 4.73 Å². The summed E-state index contributed by atoms with van der Waals surface area (Å²) >= 11 is 1.40. The molecule has 1 aromatic carbocycles. The van der Waals surface area contributed by atoms with E-state index in [1.54, 1.807) is 18.3 Å². The van der Waals surface area contributed by atoms with E-state index in [-0.39, 0.29) is 0 Å².